The summed E-state index contributed by atoms with van der Waals surface area (Å²) in [6, 6.07) is 20.4. The molecule has 258 valence electrons. The predicted octanol–water partition coefficient (Wildman–Crippen LogP) is 9.54. The summed E-state index contributed by atoms with van der Waals surface area (Å²) >= 11 is 0. The van der Waals surface area contributed by atoms with Gasteiger partial charge in [0.2, 0.25) is 5.91 Å². The van der Waals surface area contributed by atoms with Crippen LogP contribution < -0.4 is 0 Å². The number of amides is 1. The Morgan fingerprint density at radius 3 is 2.54 bits per heavy atom. The number of aliphatic hydroxyl groups is 1. The van der Waals surface area contributed by atoms with Gasteiger partial charge in [-0.2, -0.15) is 0 Å². The van der Waals surface area contributed by atoms with Crippen LogP contribution >= 0.6 is 0 Å². The third kappa shape index (κ3) is 6.91. The number of phenolic OH excluding ortho intramolecular Hbond substituents is 1. The van der Waals surface area contributed by atoms with Crippen LogP contribution in [0.25, 0.3) is 10.8 Å². The van der Waals surface area contributed by atoms with Gasteiger partial charge in [-0.3, -0.25) is 4.79 Å². The average Bonchev–Trinajstić information content (AvgIpc) is 3.38. The summed E-state index contributed by atoms with van der Waals surface area (Å²) in [5.41, 5.74) is 2.97. The molecule has 7 rings (SSSR count). The first kappa shape index (κ1) is 33.6. The van der Waals surface area contributed by atoms with Gasteiger partial charge in [0, 0.05) is 19.0 Å². The van der Waals surface area contributed by atoms with Crippen molar-refractivity contribution in [2.24, 2.45) is 29.1 Å². The zero-order chi connectivity index (χ0) is 33.3. The quantitative estimate of drug-likeness (QED) is 0.203. The van der Waals surface area contributed by atoms with Crippen LogP contribution in [0.5, 0.6) is 5.75 Å². The number of carbonyl (C=O) groups is 1. The van der Waals surface area contributed by atoms with E-state index in [1.807, 2.05) is 12.1 Å². The van der Waals surface area contributed by atoms with Gasteiger partial charge in [0.05, 0.1) is 12.5 Å². The molecule has 5 heteroatoms. The van der Waals surface area contributed by atoms with E-state index in [-0.39, 0.29) is 28.9 Å². The third-order valence-corrected chi connectivity index (χ3v) is 13.3. The van der Waals surface area contributed by atoms with Crippen LogP contribution in [-0.2, 0) is 17.6 Å². The number of hydrogen-bond acceptors (Lipinski definition) is 3. The summed E-state index contributed by atoms with van der Waals surface area (Å²) in [4.78, 5) is 15.9. The molecule has 0 aromatic heterocycles. The molecule has 3 aromatic carbocycles. The molecule has 4 nitrogen and oxygen atoms in total. The van der Waals surface area contributed by atoms with Crippen molar-refractivity contribution in [1.82, 2.24) is 4.90 Å². The highest BCUT2D eigenvalue weighted by Crippen LogP contribution is 2.63. The summed E-state index contributed by atoms with van der Waals surface area (Å²) in [7, 11) is 0. The van der Waals surface area contributed by atoms with Gasteiger partial charge in [-0.15, -0.1) is 0 Å². The van der Waals surface area contributed by atoms with Crippen molar-refractivity contribution in [3.8, 4) is 5.75 Å². The number of unbranched alkanes of at least 4 members (excludes halogenated alkanes) is 3. The molecule has 1 amide bonds. The number of phenols is 1. The molecule has 2 N–H and O–H groups in total. The number of nitrogens with zero attached hydrogens (tertiary/aromatic N) is 1. The van der Waals surface area contributed by atoms with Gasteiger partial charge in [0.1, 0.15) is 11.9 Å². The molecule has 4 aliphatic rings. The smallest absolute Gasteiger partial charge is 0.226 e. The predicted molar refractivity (Wildman–Crippen MR) is 192 cm³/mol. The molecule has 7 atom stereocenters. The molecule has 0 aliphatic heterocycles. The fourth-order valence-electron chi connectivity index (χ4n) is 10.7. The zero-order valence-corrected chi connectivity index (χ0v) is 29.0. The minimum atomic E-state index is -0.961. The second kappa shape index (κ2) is 14.5. The van der Waals surface area contributed by atoms with Crippen LogP contribution in [0.4, 0.5) is 4.39 Å². The lowest BCUT2D eigenvalue weighted by Crippen LogP contribution is -2.51. The molecule has 6 unspecified atom stereocenters. The molecule has 4 aliphatic carbocycles. The molecule has 3 aromatic rings. The van der Waals surface area contributed by atoms with Gasteiger partial charge in [-0.05, 0) is 120 Å². The SMILES string of the molecule is C[C@]12CC(F)C3c4ccc(O)cc4CC(CCCCCCN(CC4CCCCC4)C(=O)Cc4ccc5ccccc5c4)C3C1CCC2O. The summed E-state index contributed by atoms with van der Waals surface area (Å²) in [6.45, 7) is 3.85. The van der Waals surface area contributed by atoms with E-state index in [4.69, 9.17) is 0 Å². The molecule has 0 radical (unpaired) electrons. The maximum atomic E-state index is 16.1. The zero-order valence-electron chi connectivity index (χ0n) is 29.0. The van der Waals surface area contributed by atoms with Gasteiger partial charge in [0.25, 0.3) is 0 Å². The number of carbonyl (C=O) groups excluding carboxylic acids is 1. The standard InChI is InChI=1S/C43H56FNO3/c1-43-27-38(44)42-36-19-18-35(46)26-34(36)25-33(41(42)37(43)20-21-39(43)47)15-7-2-3-10-22-45(28-29-11-5-4-6-12-29)40(48)24-30-16-17-31-13-8-9-14-32(31)23-30/h8-9,13-14,16-19,23,26,29,33,37-39,41-42,46-47H,2-7,10-12,15,20-22,24-25,27-28H2,1H3/t33?,37?,38?,39?,41?,42?,43-/m0/s1. The Hall–Kier alpha value is -2.92. The van der Waals surface area contributed by atoms with E-state index in [9.17, 15) is 15.0 Å². The topological polar surface area (TPSA) is 60.8 Å². The second-order valence-electron chi connectivity index (χ2n) is 16.3. The van der Waals surface area contributed by atoms with Crippen LogP contribution in [0.1, 0.15) is 113 Å². The first-order chi connectivity index (χ1) is 23.3. The van der Waals surface area contributed by atoms with E-state index >= 15 is 4.39 Å². The summed E-state index contributed by atoms with van der Waals surface area (Å²) in [5.74, 6) is 1.96. The fourth-order valence-corrected chi connectivity index (χ4v) is 10.7. The van der Waals surface area contributed by atoms with E-state index in [0.29, 0.717) is 30.6 Å². The summed E-state index contributed by atoms with van der Waals surface area (Å²) < 4.78 is 16.1. The number of aromatic hydroxyl groups is 1. The lowest BCUT2D eigenvalue weighted by molar-refractivity contribution is -0.131. The molecule has 48 heavy (non-hydrogen) atoms. The van der Waals surface area contributed by atoms with E-state index in [2.05, 4.69) is 54.3 Å². The van der Waals surface area contributed by atoms with Gasteiger partial charge in [-0.1, -0.05) is 94.0 Å². The Morgan fingerprint density at radius 1 is 0.917 bits per heavy atom. The van der Waals surface area contributed by atoms with Crippen LogP contribution in [0.3, 0.4) is 0 Å². The van der Waals surface area contributed by atoms with Gasteiger partial charge in [-0.25, -0.2) is 4.39 Å². The number of benzene rings is 3. The monoisotopic (exact) mass is 653 g/mol. The van der Waals surface area contributed by atoms with Crippen molar-refractivity contribution in [2.45, 2.75) is 121 Å². The fraction of sp³-hybridized carbons (Fsp3) is 0.605. The molecular weight excluding hydrogens is 597 g/mol. The summed E-state index contributed by atoms with van der Waals surface area (Å²) in [5, 5.41) is 23.7. The van der Waals surface area contributed by atoms with Crippen LogP contribution in [0.15, 0.2) is 60.7 Å². The van der Waals surface area contributed by atoms with Crippen LogP contribution in [0.2, 0.25) is 0 Å². The highest BCUT2D eigenvalue weighted by Gasteiger charge is 2.59. The van der Waals surface area contributed by atoms with Crippen molar-refractivity contribution >= 4 is 16.7 Å². The molecule has 0 saturated heterocycles. The Morgan fingerprint density at radius 2 is 1.71 bits per heavy atom. The molecule has 0 bridgehead atoms. The average molecular weight is 654 g/mol. The Labute approximate surface area is 287 Å². The maximum absolute atomic E-state index is 16.1. The number of aliphatic hydroxyl groups excluding tert-OH is 1. The Bertz CT molecular complexity index is 1570. The number of halogens is 1. The van der Waals surface area contributed by atoms with Crippen molar-refractivity contribution < 1.29 is 19.4 Å². The van der Waals surface area contributed by atoms with E-state index < -0.39 is 12.3 Å². The highest BCUT2D eigenvalue weighted by atomic mass is 19.1. The second-order valence-corrected chi connectivity index (χ2v) is 16.3. The van der Waals surface area contributed by atoms with Crippen LogP contribution in [0, 0.1) is 29.1 Å². The molecule has 0 heterocycles. The molecule has 0 spiro atoms. The number of hydrogen-bond donors (Lipinski definition) is 2. The van der Waals surface area contributed by atoms with Gasteiger partial charge in [0.15, 0.2) is 0 Å². The van der Waals surface area contributed by atoms with Crippen LogP contribution in [-0.4, -0.2) is 46.4 Å². The van der Waals surface area contributed by atoms with Gasteiger partial charge < -0.3 is 15.1 Å². The minimum absolute atomic E-state index is 0.135. The maximum Gasteiger partial charge on any atom is 0.226 e. The van der Waals surface area contributed by atoms with Crippen molar-refractivity contribution in [3.63, 3.8) is 0 Å². The Kier molecular flexibility index (Phi) is 10.2. The minimum Gasteiger partial charge on any atom is -0.508 e. The summed E-state index contributed by atoms with van der Waals surface area (Å²) in [6.07, 6.45) is 13.9. The van der Waals surface area contributed by atoms with E-state index in [0.717, 1.165) is 81.1 Å². The number of rotatable bonds is 11. The van der Waals surface area contributed by atoms with Crippen molar-refractivity contribution in [1.29, 1.82) is 0 Å². The third-order valence-electron chi connectivity index (χ3n) is 13.3. The lowest BCUT2D eigenvalue weighted by Gasteiger charge is -2.54. The highest BCUT2D eigenvalue weighted by molar-refractivity contribution is 5.85. The Balaban J connectivity index is 0.970. The first-order valence-electron chi connectivity index (χ1n) is 19.2. The normalized spacial score (nSPS) is 30.1. The van der Waals surface area contributed by atoms with Crippen molar-refractivity contribution in [2.75, 3.05) is 13.1 Å². The number of alkyl halides is 1. The molecule has 3 fully saturated rings. The largest absolute Gasteiger partial charge is 0.508 e. The molecular formula is C43H56FNO3. The lowest BCUT2D eigenvalue weighted by atomic mass is 9.51. The van der Waals surface area contributed by atoms with E-state index in [1.165, 1.54) is 42.9 Å². The molecule has 3 saturated carbocycles. The van der Waals surface area contributed by atoms with Gasteiger partial charge >= 0.3 is 0 Å². The van der Waals surface area contributed by atoms with Crippen molar-refractivity contribution in [3.05, 3.63) is 77.4 Å². The number of fused-ring (bicyclic) bond motifs is 6. The van der Waals surface area contributed by atoms with E-state index in [1.54, 1.807) is 6.07 Å². The first-order valence-corrected chi connectivity index (χ1v) is 19.2.